The van der Waals surface area contributed by atoms with Crippen LogP contribution in [0.15, 0.2) is 48.7 Å². The van der Waals surface area contributed by atoms with Crippen LogP contribution in [0.4, 0.5) is 5.69 Å². The second-order valence-corrected chi connectivity index (χ2v) is 8.13. The van der Waals surface area contributed by atoms with Gasteiger partial charge in [-0.05, 0) is 49.6 Å². The van der Waals surface area contributed by atoms with Gasteiger partial charge in [0.1, 0.15) is 0 Å². The minimum absolute atomic E-state index is 0.0357. The molecule has 2 aromatic heterocycles. The van der Waals surface area contributed by atoms with Gasteiger partial charge in [0, 0.05) is 18.4 Å². The molecule has 4 rings (SSSR count). The van der Waals surface area contributed by atoms with Gasteiger partial charge in [-0.25, -0.2) is 0 Å². The Balaban J connectivity index is 1.32. The summed E-state index contributed by atoms with van der Waals surface area (Å²) in [5.41, 5.74) is 2.65. The van der Waals surface area contributed by atoms with Crippen LogP contribution in [0.1, 0.15) is 30.3 Å². The van der Waals surface area contributed by atoms with Crippen LogP contribution in [0.25, 0.3) is 5.65 Å². The Hall–Kier alpha value is -2.87. The Morgan fingerprint density at radius 2 is 2.07 bits per heavy atom. The van der Waals surface area contributed by atoms with E-state index in [4.69, 9.17) is 0 Å². The van der Waals surface area contributed by atoms with Gasteiger partial charge in [-0.3, -0.25) is 14.0 Å². The van der Waals surface area contributed by atoms with Gasteiger partial charge in [0.05, 0.1) is 17.5 Å². The number of carbonyl (C=O) groups is 2. The van der Waals surface area contributed by atoms with E-state index in [9.17, 15) is 9.59 Å². The number of aromatic nitrogens is 3. The largest absolute Gasteiger partial charge is 0.332 e. The van der Waals surface area contributed by atoms with Crippen molar-refractivity contribution >= 4 is 34.9 Å². The fourth-order valence-corrected chi connectivity index (χ4v) is 4.35. The van der Waals surface area contributed by atoms with Gasteiger partial charge in [-0.2, -0.15) is 0 Å². The third kappa shape index (κ3) is 4.42. The molecule has 1 fully saturated rings. The molecule has 0 spiro atoms. The van der Waals surface area contributed by atoms with E-state index >= 15 is 0 Å². The Labute approximate surface area is 173 Å². The van der Waals surface area contributed by atoms with Crippen molar-refractivity contribution in [3.05, 3.63) is 60.0 Å². The number of likely N-dealkylation sites (tertiary alicyclic amines) is 1. The van der Waals surface area contributed by atoms with Crippen molar-refractivity contribution in [2.24, 2.45) is 0 Å². The Morgan fingerprint density at radius 3 is 2.93 bits per heavy atom. The number of hydrogen-bond acceptors (Lipinski definition) is 5. The molecule has 29 heavy (non-hydrogen) atoms. The number of anilines is 1. The normalized spacial score (nSPS) is 16.3. The molecule has 2 amide bonds. The maximum Gasteiger partial charge on any atom is 0.234 e. The molecule has 0 aliphatic carbocycles. The van der Waals surface area contributed by atoms with E-state index in [0.717, 1.165) is 35.6 Å². The number of hydrogen-bond donors (Lipinski definition) is 1. The Bertz CT molecular complexity index is 1030. The molecule has 1 aliphatic heterocycles. The lowest BCUT2D eigenvalue weighted by molar-refractivity contribution is -0.129. The first-order chi connectivity index (χ1) is 14.1. The third-order valence-electron chi connectivity index (χ3n) is 4.97. The Kier molecular flexibility index (Phi) is 5.80. The van der Waals surface area contributed by atoms with Crippen LogP contribution in [0.2, 0.25) is 0 Å². The third-order valence-corrected chi connectivity index (χ3v) is 5.89. The van der Waals surface area contributed by atoms with Crippen LogP contribution in [-0.4, -0.2) is 49.4 Å². The molecule has 3 heterocycles. The zero-order valence-electron chi connectivity index (χ0n) is 16.2. The molecule has 1 aliphatic rings. The lowest BCUT2D eigenvalue weighted by atomic mass is 10.2. The SMILES string of the molecule is Cc1cccc(NC(=O)CSCC(=O)N2CCCC2c2nnc3ccccn23)c1. The maximum atomic E-state index is 12.8. The predicted molar refractivity (Wildman–Crippen MR) is 114 cm³/mol. The number of fused-ring (bicyclic) bond motifs is 1. The molecule has 1 unspecified atom stereocenters. The molecule has 1 aromatic carbocycles. The molecule has 0 saturated carbocycles. The van der Waals surface area contributed by atoms with Crippen molar-refractivity contribution in [1.82, 2.24) is 19.5 Å². The molecule has 1 atom stereocenters. The summed E-state index contributed by atoms with van der Waals surface area (Å²) < 4.78 is 1.94. The van der Waals surface area contributed by atoms with Gasteiger partial charge in [0.2, 0.25) is 11.8 Å². The maximum absolute atomic E-state index is 12.8. The van der Waals surface area contributed by atoms with E-state index in [2.05, 4.69) is 15.5 Å². The van der Waals surface area contributed by atoms with Crippen molar-refractivity contribution in [2.75, 3.05) is 23.4 Å². The summed E-state index contributed by atoms with van der Waals surface area (Å²) in [6, 6.07) is 13.4. The number of aryl methyl sites for hydroxylation is 1. The van der Waals surface area contributed by atoms with Crippen LogP contribution in [0, 0.1) is 6.92 Å². The van der Waals surface area contributed by atoms with Crippen LogP contribution < -0.4 is 5.32 Å². The van der Waals surface area contributed by atoms with Crippen molar-refractivity contribution in [1.29, 1.82) is 0 Å². The van der Waals surface area contributed by atoms with E-state index in [1.807, 2.05) is 64.9 Å². The molecule has 0 bridgehead atoms. The highest BCUT2D eigenvalue weighted by Gasteiger charge is 2.33. The number of amides is 2. The van der Waals surface area contributed by atoms with Gasteiger partial charge in [0.25, 0.3) is 0 Å². The van der Waals surface area contributed by atoms with Crippen molar-refractivity contribution in [3.8, 4) is 0 Å². The fourth-order valence-electron chi connectivity index (χ4n) is 3.65. The smallest absolute Gasteiger partial charge is 0.234 e. The van der Waals surface area contributed by atoms with E-state index in [0.29, 0.717) is 6.54 Å². The highest BCUT2D eigenvalue weighted by atomic mass is 32.2. The average Bonchev–Trinajstić information content (AvgIpc) is 3.34. The van der Waals surface area contributed by atoms with Gasteiger partial charge < -0.3 is 10.2 Å². The molecule has 1 N–H and O–H groups in total. The number of pyridine rings is 1. The topological polar surface area (TPSA) is 79.6 Å². The molecule has 8 heteroatoms. The van der Waals surface area contributed by atoms with Crippen molar-refractivity contribution in [3.63, 3.8) is 0 Å². The number of nitrogens with zero attached hydrogens (tertiary/aromatic N) is 4. The van der Waals surface area contributed by atoms with E-state index in [1.165, 1.54) is 11.8 Å². The first kappa shape index (κ1) is 19.4. The summed E-state index contributed by atoms with van der Waals surface area (Å²) in [6.07, 6.45) is 3.74. The second-order valence-electron chi connectivity index (χ2n) is 7.14. The van der Waals surface area contributed by atoms with Crippen molar-refractivity contribution in [2.45, 2.75) is 25.8 Å². The van der Waals surface area contributed by atoms with Gasteiger partial charge in [-0.15, -0.1) is 22.0 Å². The van der Waals surface area contributed by atoms with E-state index in [1.54, 1.807) is 0 Å². The quantitative estimate of drug-likeness (QED) is 0.677. The van der Waals surface area contributed by atoms with Crippen LogP contribution in [0.5, 0.6) is 0 Å². The highest BCUT2D eigenvalue weighted by molar-refractivity contribution is 8.00. The molecule has 7 nitrogen and oxygen atoms in total. The number of benzene rings is 1. The van der Waals surface area contributed by atoms with Crippen molar-refractivity contribution < 1.29 is 9.59 Å². The fraction of sp³-hybridized carbons (Fsp3) is 0.333. The van der Waals surface area contributed by atoms with Crippen LogP contribution in [0.3, 0.4) is 0 Å². The summed E-state index contributed by atoms with van der Waals surface area (Å²) >= 11 is 1.34. The standard InChI is InChI=1S/C21H23N5O2S/c1-15-6-4-7-16(12-15)22-19(27)13-29-14-20(28)25-11-5-8-17(25)21-24-23-18-9-2-3-10-26(18)21/h2-4,6-7,9-10,12,17H,5,8,11,13-14H2,1H3,(H,22,27). The van der Waals surface area contributed by atoms with Crippen LogP contribution >= 0.6 is 11.8 Å². The summed E-state index contributed by atoms with van der Waals surface area (Å²) in [5.74, 6) is 1.25. The van der Waals surface area contributed by atoms with E-state index in [-0.39, 0.29) is 29.4 Å². The zero-order valence-corrected chi connectivity index (χ0v) is 17.1. The average molecular weight is 410 g/mol. The summed E-state index contributed by atoms with van der Waals surface area (Å²) in [5, 5.41) is 11.4. The molecule has 3 aromatic rings. The number of carbonyl (C=O) groups excluding carboxylic acids is 2. The first-order valence-corrected chi connectivity index (χ1v) is 10.8. The van der Waals surface area contributed by atoms with E-state index < -0.39 is 0 Å². The predicted octanol–water partition coefficient (Wildman–Crippen LogP) is 3.07. The van der Waals surface area contributed by atoms with Gasteiger partial charge >= 0.3 is 0 Å². The number of thioether (sulfide) groups is 1. The number of nitrogens with one attached hydrogen (secondary N) is 1. The zero-order chi connectivity index (χ0) is 20.2. The molecule has 0 radical (unpaired) electrons. The van der Waals surface area contributed by atoms with Crippen LogP contribution in [-0.2, 0) is 9.59 Å². The molecule has 1 saturated heterocycles. The summed E-state index contributed by atoms with van der Waals surface area (Å²) in [6.45, 7) is 2.69. The highest BCUT2D eigenvalue weighted by Crippen LogP contribution is 2.31. The minimum Gasteiger partial charge on any atom is -0.332 e. The summed E-state index contributed by atoms with van der Waals surface area (Å²) in [7, 11) is 0. The minimum atomic E-state index is -0.102. The molecular weight excluding hydrogens is 386 g/mol. The van der Waals surface area contributed by atoms with Gasteiger partial charge in [-0.1, -0.05) is 18.2 Å². The first-order valence-electron chi connectivity index (χ1n) is 9.65. The second kappa shape index (κ2) is 8.65. The Morgan fingerprint density at radius 1 is 1.17 bits per heavy atom. The lowest BCUT2D eigenvalue weighted by Crippen LogP contribution is -2.33. The monoisotopic (exact) mass is 409 g/mol. The summed E-state index contributed by atoms with van der Waals surface area (Å²) in [4.78, 5) is 26.8. The van der Waals surface area contributed by atoms with Gasteiger partial charge in [0.15, 0.2) is 11.5 Å². The lowest BCUT2D eigenvalue weighted by Gasteiger charge is -2.23. The molecular formula is C21H23N5O2S. The molecule has 150 valence electrons. The number of rotatable bonds is 6.